The lowest BCUT2D eigenvalue weighted by atomic mass is 9.84. The predicted octanol–water partition coefficient (Wildman–Crippen LogP) is 3.55. The van der Waals surface area contributed by atoms with E-state index in [0.29, 0.717) is 5.02 Å². The highest BCUT2D eigenvalue weighted by Gasteiger charge is 2.66. The third-order valence-corrected chi connectivity index (χ3v) is 5.61. The number of fused-ring (bicyclic) bond motifs is 1. The van der Waals surface area contributed by atoms with Gasteiger partial charge in [0.25, 0.3) is 0 Å². The molecular weight excluding hydrogens is 414 g/mol. The Morgan fingerprint density at radius 2 is 1.79 bits per heavy atom. The second-order valence-corrected chi connectivity index (χ2v) is 7.66. The number of halogens is 7. The molecule has 4 nitrogen and oxygen atoms in total. The van der Waals surface area contributed by atoms with Crippen LogP contribution >= 0.6 is 11.6 Å². The Morgan fingerprint density at radius 3 is 2.32 bits per heavy atom. The SMILES string of the molecule is O=C(O)C1NC(C(C(F)(F)F)C(F)(F)F)C2CN(Cc3cccc(Cl)c3)CC12. The fraction of sp³-hybridized carbons (Fsp3) is 0.588. The number of benzene rings is 1. The zero-order valence-corrected chi connectivity index (χ0v) is 15.0. The van der Waals surface area contributed by atoms with Crippen LogP contribution in [0.25, 0.3) is 0 Å². The van der Waals surface area contributed by atoms with Crippen LogP contribution in [-0.2, 0) is 11.3 Å². The normalized spacial score (nSPS) is 28.7. The molecule has 0 aliphatic carbocycles. The molecule has 1 aromatic carbocycles. The third kappa shape index (κ3) is 4.23. The number of rotatable bonds is 4. The van der Waals surface area contributed by atoms with Crippen molar-refractivity contribution in [2.24, 2.45) is 17.8 Å². The van der Waals surface area contributed by atoms with E-state index in [0.717, 1.165) is 5.56 Å². The lowest BCUT2D eigenvalue weighted by Crippen LogP contribution is -2.53. The Labute approximate surface area is 161 Å². The minimum atomic E-state index is -5.53. The van der Waals surface area contributed by atoms with Crippen LogP contribution in [0, 0.1) is 17.8 Å². The summed E-state index contributed by atoms with van der Waals surface area (Å²) >= 11 is 5.90. The average molecular weight is 431 g/mol. The van der Waals surface area contributed by atoms with Crippen molar-refractivity contribution >= 4 is 17.6 Å². The fourth-order valence-corrected chi connectivity index (χ4v) is 4.55. The molecule has 2 aliphatic rings. The van der Waals surface area contributed by atoms with Crippen molar-refractivity contribution < 1.29 is 36.2 Å². The van der Waals surface area contributed by atoms with Crippen molar-refractivity contribution in [2.75, 3.05) is 13.1 Å². The minimum absolute atomic E-state index is 0.0682. The van der Waals surface area contributed by atoms with Gasteiger partial charge in [-0.05, 0) is 23.6 Å². The van der Waals surface area contributed by atoms with Gasteiger partial charge >= 0.3 is 18.3 Å². The molecule has 4 atom stereocenters. The van der Waals surface area contributed by atoms with Gasteiger partial charge in [-0.1, -0.05) is 23.7 Å². The number of carboxylic acid groups (broad SMARTS) is 1. The van der Waals surface area contributed by atoms with Gasteiger partial charge in [0.15, 0.2) is 5.92 Å². The van der Waals surface area contributed by atoms with E-state index in [1.807, 2.05) is 0 Å². The van der Waals surface area contributed by atoms with Crippen LogP contribution in [0.2, 0.25) is 5.02 Å². The molecule has 0 radical (unpaired) electrons. The van der Waals surface area contributed by atoms with E-state index in [1.54, 1.807) is 29.2 Å². The maximum absolute atomic E-state index is 13.2. The quantitative estimate of drug-likeness (QED) is 0.717. The van der Waals surface area contributed by atoms with Crippen LogP contribution < -0.4 is 5.32 Å². The van der Waals surface area contributed by atoms with E-state index in [9.17, 15) is 36.2 Å². The number of aliphatic carboxylic acids is 1. The first kappa shape index (κ1) is 21.2. The van der Waals surface area contributed by atoms with Crippen molar-refractivity contribution in [3.63, 3.8) is 0 Å². The second kappa shape index (κ2) is 7.38. The topological polar surface area (TPSA) is 52.6 Å². The summed E-state index contributed by atoms with van der Waals surface area (Å²) < 4.78 is 79.2. The molecule has 1 aromatic rings. The summed E-state index contributed by atoms with van der Waals surface area (Å²) in [5, 5.41) is 11.9. The van der Waals surface area contributed by atoms with Crippen molar-refractivity contribution in [2.45, 2.75) is 31.0 Å². The molecule has 2 aliphatic heterocycles. The predicted molar refractivity (Wildman–Crippen MR) is 87.7 cm³/mol. The number of likely N-dealkylation sites (tertiary alicyclic amines) is 1. The number of alkyl halides is 6. The molecule has 2 saturated heterocycles. The van der Waals surface area contributed by atoms with Crippen molar-refractivity contribution in [1.82, 2.24) is 10.2 Å². The average Bonchev–Trinajstić information content (AvgIpc) is 3.04. The zero-order chi connectivity index (χ0) is 20.9. The van der Waals surface area contributed by atoms with Gasteiger partial charge in [-0.3, -0.25) is 9.69 Å². The van der Waals surface area contributed by atoms with E-state index in [4.69, 9.17) is 11.6 Å². The van der Waals surface area contributed by atoms with Crippen LogP contribution in [0.4, 0.5) is 26.3 Å². The molecule has 11 heteroatoms. The highest BCUT2D eigenvalue weighted by molar-refractivity contribution is 6.30. The van der Waals surface area contributed by atoms with Gasteiger partial charge in [0.1, 0.15) is 6.04 Å². The number of carbonyl (C=O) groups is 1. The van der Waals surface area contributed by atoms with Crippen molar-refractivity contribution in [3.8, 4) is 0 Å². The maximum atomic E-state index is 13.2. The fourth-order valence-electron chi connectivity index (χ4n) is 4.34. The highest BCUT2D eigenvalue weighted by atomic mass is 35.5. The molecule has 2 N–H and O–H groups in total. The van der Waals surface area contributed by atoms with E-state index in [-0.39, 0.29) is 19.6 Å². The van der Waals surface area contributed by atoms with E-state index in [2.05, 4.69) is 5.32 Å². The molecule has 2 fully saturated rings. The molecule has 3 rings (SSSR count). The first-order chi connectivity index (χ1) is 12.9. The number of carboxylic acids is 1. The Morgan fingerprint density at radius 1 is 1.18 bits per heavy atom. The molecule has 4 unspecified atom stereocenters. The van der Waals surface area contributed by atoms with E-state index >= 15 is 0 Å². The Hall–Kier alpha value is -1.52. The summed E-state index contributed by atoms with van der Waals surface area (Å²) in [6, 6.07) is 3.19. The molecule has 0 amide bonds. The molecular formula is C17H17ClF6N2O2. The Kier molecular flexibility index (Phi) is 5.59. The minimum Gasteiger partial charge on any atom is -0.480 e. The number of hydrogen-bond acceptors (Lipinski definition) is 3. The largest absolute Gasteiger partial charge is 0.480 e. The Balaban J connectivity index is 1.86. The van der Waals surface area contributed by atoms with Gasteiger partial charge in [0, 0.05) is 36.6 Å². The van der Waals surface area contributed by atoms with Gasteiger partial charge in [-0.25, -0.2) is 0 Å². The van der Waals surface area contributed by atoms with Gasteiger partial charge in [-0.2, -0.15) is 26.3 Å². The monoisotopic (exact) mass is 430 g/mol. The van der Waals surface area contributed by atoms with Crippen LogP contribution in [0.3, 0.4) is 0 Å². The summed E-state index contributed by atoms with van der Waals surface area (Å²) in [5.74, 6) is -7.02. The Bertz CT molecular complexity index is 727. The number of nitrogens with zero attached hydrogens (tertiary/aromatic N) is 1. The van der Waals surface area contributed by atoms with Gasteiger partial charge in [0.05, 0.1) is 0 Å². The summed E-state index contributed by atoms with van der Waals surface area (Å²) in [6.45, 7) is 0.274. The molecule has 28 heavy (non-hydrogen) atoms. The first-order valence-corrected chi connectivity index (χ1v) is 8.85. The van der Waals surface area contributed by atoms with Gasteiger partial charge in [-0.15, -0.1) is 0 Å². The molecule has 0 spiro atoms. The zero-order valence-electron chi connectivity index (χ0n) is 14.3. The summed E-state index contributed by atoms with van der Waals surface area (Å²) in [4.78, 5) is 13.1. The highest BCUT2D eigenvalue weighted by Crippen LogP contribution is 2.48. The second-order valence-electron chi connectivity index (χ2n) is 7.22. The molecule has 0 aromatic heterocycles. The van der Waals surface area contributed by atoms with Gasteiger partial charge < -0.3 is 10.4 Å². The summed E-state index contributed by atoms with van der Waals surface area (Å²) in [6.07, 6.45) is -11.1. The van der Waals surface area contributed by atoms with Crippen LogP contribution in [0.15, 0.2) is 24.3 Å². The lowest BCUT2D eigenvalue weighted by Gasteiger charge is -2.32. The molecule has 0 saturated carbocycles. The smallest absolute Gasteiger partial charge is 0.402 e. The summed E-state index contributed by atoms with van der Waals surface area (Å²) in [5.41, 5.74) is 0.743. The maximum Gasteiger partial charge on any atom is 0.402 e. The molecule has 156 valence electrons. The van der Waals surface area contributed by atoms with Crippen LogP contribution in [0.1, 0.15) is 5.56 Å². The third-order valence-electron chi connectivity index (χ3n) is 5.38. The van der Waals surface area contributed by atoms with Crippen molar-refractivity contribution in [3.05, 3.63) is 34.9 Å². The standard InChI is InChI=1S/C17H17ClF6N2O2/c18-9-3-1-2-8(4-9)5-26-6-10-11(7-26)13(15(27)28)25-12(10)14(16(19,20)21)17(22,23)24/h1-4,10-14,25H,5-7H2,(H,27,28). The van der Waals surface area contributed by atoms with Crippen LogP contribution in [0.5, 0.6) is 0 Å². The number of hydrogen-bond donors (Lipinski definition) is 2. The number of nitrogens with one attached hydrogen (secondary N) is 1. The van der Waals surface area contributed by atoms with E-state index in [1.165, 1.54) is 0 Å². The summed E-state index contributed by atoms with van der Waals surface area (Å²) in [7, 11) is 0. The van der Waals surface area contributed by atoms with Gasteiger partial charge in [0.2, 0.25) is 0 Å². The molecule has 2 heterocycles. The molecule has 0 bridgehead atoms. The van der Waals surface area contributed by atoms with Crippen molar-refractivity contribution in [1.29, 1.82) is 0 Å². The van der Waals surface area contributed by atoms with E-state index < -0.39 is 48.2 Å². The lowest BCUT2D eigenvalue weighted by molar-refractivity contribution is -0.293. The first-order valence-electron chi connectivity index (χ1n) is 8.47. The van der Waals surface area contributed by atoms with Crippen LogP contribution in [-0.4, -0.2) is 53.5 Å².